The standard InChI is InChI=1S/C22H20BrClN4/c1-14-19(12-13-24)21(26-18-10-8-17(23)9-11-18)28-22(25-14)20(15(2)27-28)16-6-4-3-5-7-16/h3-11,26H,12-13H2,1-2H3. The number of fused-ring (bicyclic) bond motifs is 1. The second-order valence-electron chi connectivity index (χ2n) is 6.66. The van der Waals surface area contributed by atoms with E-state index >= 15 is 0 Å². The maximum absolute atomic E-state index is 6.10. The van der Waals surface area contributed by atoms with Crippen molar-refractivity contribution in [3.05, 3.63) is 76.0 Å². The Morgan fingerprint density at radius 3 is 2.39 bits per heavy atom. The zero-order chi connectivity index (χ0) is 19.7. The number of hydrogen-bond donors (Lipinski definition) is 1. The Balaban J connectivity index is 1.95. The van der Waals surface area contributed by atoms with Crippen LogP contribution in [-0.4, -0.2) is 20.5 Å². The predicted molar refractivity (Wildman–Crippen MR) is 120 cm³/mol. The number of nitrogens with zero attached hydrogens (tertiary/aromatic N) is 3. The molecule has 0 bridgehead atoms. The molecule has 28 heavy (non-hydrogen) atoms. The number of halogens is 2. The van der Waals surface area contributed by atoms with Gasteiger partial charge in [0, 0.05) is 32.9 Å². The molecule has 2 heterocycles. The molecule has 0 radical (unpaired) electrons. The highest BCUT2D eigenvalue weighted by atomic mass is 79.9. The Morgan fingerprint density at radius 2 is 1.71 bits per heavy atom. The van der Waals surface area contributed by atoms with Crippen molar-refractivity contribution in [3.8, 4) is 11.1 Å². The van der Waals surface area contributed by atoms with Crippen molar-refractivity contribution >= 4 is 44.7 Å². The van der Waals surface area contributed by atoms with Gasteiger partial charge >= 0.3 is 0 Å². The van der Waals surface area contributed by atoms with Gasteiger partial charge in [0.2, 0.25) is 0 Å². The zero-order valence-corrected chi connectivity index (χ0v) is 18.0. The number of nitrogens with one attached hydrogen (secondary N) is 1. The van der Waals surface area contributed by atoms with Gasteiger partial charge in [-0.1, -0.05) is 46.3 Å². The minimum Gasteiger partial charge on any atom is -0.340 e. The quantitative estimate of drug-likeness (QED) is 0.359. The van der Waals surface area contributed by atoms with Gasteiger partial charge in [-0.3, -0.25) is 0 Å². The molecule has 4 rings (SSSR count). The van der Waals surface area contributed by atoms with Gasteiger partial charge in [0.25, 0.3) is 0 Å². The van der Waals surface area contributed by atoms with E-state index in [2.05, 4.69) is 33.4 Å². The maximum atomic E-state index is 6.10. The zero-order valence-electron chi connectivity index (χ0n) is 15.7. The Bertz CT molecular complexity index is 1120. The molecule has 0 amide bonds. The summed E-state index contributed by atoms with van der Waals surface area (Å²) < 4.78 is 2.95. The van der Waals surface area contributed by atoms with E-state index in [4.69, 9.17) is 21.7 Å². The summed E-state index contributed by atoms with van der Waals surface area (Å²) in [5.74, 6) is 1.44. The molecule has 4 aromatic rings. The van der Waals surface area contributed by atoms with Gasteiger partial charge in [0.05, 0.1) is 5.69 Å². The first-order chi connectivity index (χ1) is 13.6. The number of rotatable bonds is 5. The molecular formula is C22H20BrClN4. The van der Waals surface area contributed by atoms with Crippen LogP contribution in [-0.2, 0) is 6.42 Å². The second kappa shape index (κ2) is 7.94. The number of aromatic nitrogens is 3. The minimum atomic E-state index is 0.523. The molecule has 0 unspecified atom stereocenters. The highest BCUT2D eigenvalue weighted by Crippen LogP contribution is 2.32. The lowest BCUT2D eigenvalue weighted by Crippen LogP contribution is -2.09. The summed E-state index contributed by atoms with van der Waals surface area (Å²) in [4.78, 5) is 4.90. The van der Waals surface area contributed by atoms with E-state index < -0.39 is 0 Å². The van der Waals surface area contributed by atoms with E-state index in [9.17, 15) is 0 Å². The lowest BCUT2D eigenvalue weighted by Gasteiger charge is -2.15. The molecule has 4 nitrogen and oxygen atoms in total. The van der Waals surface area contributed by atoms with E-state index in [1.54, 1.807) is 0 Å². The minimum absolute atomic E-state index is 0.523. The fourth-order valence-electron chi connectivity index (χ4n) is 3.43. The first-order valence-electron chi connectivity index (χ1n) is 9.11. The van der Waals surface area contributed by atoms with Gasteiger partial charge in [0.1, 0.15) is 5.82 Å². The van der Waals surface area contributed by atoms with Crippen LogP contribution in [0.4, 0.5) is 11.5 Å². The Morgan fingerprint density at radius 1 is 1.00 bits per heavy atom. The highest BCUT2D eigenvalue weighted by Gasteiger charge is 2.20. The first kappa shape index (κ1) is 19.0. The molecule has 0 saturated carbocycles. The third-order valence-electron chi connectivity index (χ3n) is 4.76. The molecule has 0 aliphatic heterocycles. The average molecular weight is 456 g/mol. The highest BCUT2D eigenvalue weighted by molar-refractivity contribution is 9.10. The molecule has 0 aliphatic rings. The van der Waals surface area contributed by atoms with Gasteiger partial charge in [-0.2, -0.15) is 9.61 Å². The lowest BCUT2D eigenvalue weighted by molar-refractivity contribution is 0.891. The van der Waals surface area contributed by atoms with E-state index in [1.165, 1.54) is 0 Å². The van der Waals surface area contributed by atoms with Crippen LogP contribution in [0.3, 0.4) is 0 Å². The third-order valence-corrected chi connectivity index (χ3v) is 5.48. The van der Waals surface area contributed by atoms with Crippen molar-refractivity contribution in [1.29, 1.82) is 0 Å². The van der Waals surface area contributed by atoms with Crippen LogP contribution in [0.25, 0.3) is 16.8 Å². The van der Waals surface area contributed by atoms with Gasteiger partial charge < -0.3 is 5.32 Å². The van der Waals surface area contributed by atoms with E-state index in [0.717, 1.165) is 56.1 Å². The number of anilines is 2. The molecule has 142 valence electrons. The number of aryl methyl sites for hydroxylation is 2. The summed E-state index contributed by atoms with van der Waals surface area (Å²) >= 11 is 9.58. The molecule has 0 atom stereocenters. The average Bonchev–Trinajstić information content (AvgIpc) is 3.02. The number of hydrogen-bond acceptors (Lipinski definition) is 3. The molecule has 0 fully saturated rings. The molecular weight excluding hydrogens is 436 g/mol. The van der Waals surface area contributed by atoms with Crippen molar-refractivity contribution in [2.24, 2.45) is 0 Å². The Kier molecular flexibility index (Phi) is 5.38. The summed E-state index contributed by atoms with van der Waals surface area (Å²) in [6.45, 7) is 4.06. The van der Waals surface area contributed by atoms with Gasteiger partial charge in [-0.05, 0) is 50.1 Å². The fraction of sp³-hybridized carbons (Fsp3) is 0.182. The van der Waals surface area contributed by atoms with Crippen LogP contribution in [0.2, 0.25) is 0 Å². The fourth-order valence-corrected chi connectivity index (χ4v) is 3.89. The third kappa shape index (κ3) is 3.52. The van der Waals surface area contributed by atoms with Crippen molar-refractivity contribution in [2.45, 2.75) is 20.3 Å². The summed E-state index contributed by atoms with van der Waals surface area (Å²) in [5, 5.41) is 8.37. The van der Waals surface area contributed by atoms with Gasteiger partial charge in [0.15, 0.2) is 5.65 Å². The van der Waals surface area contributed by atoms with Crippen molar-refractivity contribution < 1.29 is 0 Å². The van der Waals surface area contributed by atoms with Crippen molar-refractivity contribution in [3.63, 3.8) is 0 Å². The molecule has 0 spiro atoms. The Labute approximate surface area is 177 Å². The topological polar surface area (TPSA) is 42.2 Å². The van der Waals surface area contributed by atoms with Crippen LogP contribution in [0, 0.1) is 13.8 Å². The smallest absolute Gasteiger partial charge is 0.165 e. The number of benzene rings is 2. The normalized spacial score (nSPS) is 11.1. The van der Waals surface area contributed by atoms with E-state index in [1.807, 2.05) is 60.8 Å². The summed E-state index contributed by atoms with van der Waals surface area (Å²) in [6, 6.07) is 18.4. The van der Waals surface area contributed by atoms with Crippen LogP contribution in [0.15, 0.2) is 59.1 Å². The first-order valence-corrected chi connectivity index (χ1v) is 10.4. The largest absolute Gasteiger partial charge is 0.340 e. The predicted octanol–water partition coefficient (Wildman–Crippen LogP) is 6.30. The van der Waals surface area contributed by atoms with E-state index in [-0.39, 0.29) is 0 Å². The summed E-state index contributed by atoms with van der Waals surface area (Å²) in [5.41, 5.74) is 6.98. The number of alkyl halides is 1. The molecule has 2 aromatic carbocycles. The second-order valence-corrected chi connectivity index (χ2v) is 7.95. The van der Waals surface area contributed by atoms with Gasteiger partial charge in [-0.15, -0.1) is 11.6 Å². The molecule has 1 N–H and O–H groups in total. The maximum Gasteiger partial charge on any atom is 0.165 e. The summed E-state index contributed by atoms with van der Waals surface area (Å²) in [7, 11) is 0. The van der Waals surface area contributed by atoms with Gasteiger partial charge in [-0.25, -0.2) is 4.98 Å². The lowest BCUT2D eigenvalue weighted by atomic mass is 10.1. The van der Waals surface area contributed by atoms with Crippen molar-refractivity contribution in [2.75, 3.05) is 11.2 Å². The molecule has 0 saturated heterocycles. The van der Waals surface area contributed by atoms with Crippen LogP contribution in [0.1, 0.15) is 17.0 Å². The molecule has 0 aliphatic carbocycles. The van der Waals surface area contributed by atoms with Crippen LogP contribution >= 0.6 is 27.5 Å². The van der Waals surface area contributed by atoms with Crippen LogP contribution in [0.5, 0.6) is 0 Å². The monoisotopic (exact) mass is 454 g/mol. The van der Waals surface area contributed by atoms with E-state index in [0.29, 0.717) is 5.88 Å². The van der Waals surface area contributed by atoms with Crippen molar-refractivity contribution in [1.82, 2.24) is 14.6 Å². The molecule has 6 heteroatoms. The Hall–Kier alpha value is -2.37. The van der Waals surface area contributed by atoms with Crippen LogP contribution < -0.4 is 5.32 Å². The SMILES string of the molecule is Cc1nc2c(-c3ccccc3)c(C)nn2c(Nc2ccc(Br)cc2)c1CCCl. The summed E-state index contributed by atoms with van der Waals surface area (Å²) in [6.07, 6.45) is 0.717. The molecule has 2 aromatic heterocycles.